The Morgan fingerprint density at radius 2 is 1.41 bits per heavy atom. The molecule has 0 bridgehead atoms. The Morgan fingerprint density at radius 1 is 0.841 bits per heavy atom. The molecule has 1 heterocycles. The van der Waals surface area contributed by atoms with Crippen LogP contribution >= 0.6 is 0 Å². The van der Waals surface area contributed by atoms with Crippen LogP contribution in [0.15, 0.2) is 48.5 Å². The normalized spacial score (nSPS) is 17.2. The van der Waals surface area contributed by atoms with Crippen molar-refractivity contribution in [2.24, 2.45) is 0 Å². The van der Waals surface area contributed by atoms with Crippen molar-refractivity contribution in [1.29, 1.82) is 0 Å². The van der Waals surface area contributed by atoms with Gasteiger partial charge >= 0.3 is 24.2 Å². The highest BCUT2D eigenvalue weighted by atomic mass is 16.6. The van der Waals surface area contributed by atoms with Gasteiger partial charge in [-0.05, 0) is 43.0 Å². The number of hydrogen-bond acceptors (Lipinski definition) is 8. The van der Waals surface area contributed by atoms with E-state index in [0.29, 0.717) is 0 Å². The summed E-state index contributed by atoms with van der Waals surface area (Å²) in [4.78, 5) is 62.0. The summed E-state index contributed by atoms with van der Waals surface area (Å²) in [5, 5.41) is 17.1. The third kappa shape index (κ3) is 8.39. The smallest absolute Gasteiger partial charge is 0.407 e. The minimum Gasteiger partial charge on any atom is -0.480 e. The number of benzene rings is 2. The van der Waals surface area contributed by atoms with E-state index in [0.717, 1.165) is 27.2 Å². The Morgan fingerprint density at radius 3 is 2.00 bits per heavy atom. The van der Waals surface area contributed by atoms with E-state index < -0.39 is 47.9 Å². The van der Waals surface area contributed by atoms with Crippen LogP contribution in [0, 0.1) is 0 Å². The summed E-state index contributed by atoms with van der Waals surface area (Å²) in [6.45, 7) is 5.28. The van der Waals surface area contributed by atoms with Crippen LogP contribution in [0.5, 0.6) is 0 Å². The Bertz CT molecular complexity index is 1340. The number of alkyl carbamates (subject to hydrolysis) is 3. The van der Waals surface area contributed by atoms with Crippen molar-refractivity contribution in [3.8, 4) is 11.1 Å². The predicted molar refractivity (Wildman–Crippen MR) is 158 cm³/mol. The van der Waals surface area contributed by atoms with E-state index in [1.807, 2.05) is 48.5 Å². The number of hydrogen-bond donors (Lipinski definition) is 4. The monoisotopic (exact) mass is 610 g/mol. The average Bonchev–Trinajstić information content (AvgIpc) is 3.53. The van der Waals surface area contributed by atoms with Gasteiger partial charge < -0.3 is 40.2 Å². The predicted octanol–water partition coefficient (Wildman–Crippen LogP) is 3.22. The molecule has 4 amide bonds. The molecule has 0 saturated carbocycles. The van der Waals surface area contributed by atoms with Crippen molar-refractivity contribution in [2.75, 3.05) is 32.8 Å². The number of rotatable bonds is 10. The molecular formula is C31H38N4O9. The van der Waals surface area contributed by atoms with Crippen LogP contribution in [-0.4, -0.2) is 90.7 Å². The maximum absolute atomic E-state index is 12.9. The second kappa shape index (κ2) is 14.1. The van der Waals surface area contributed by atoms with Gasteiger partial charge in [0, 0.05) is 38.4 Å². The number of fused-ring (bicyclic) bond motifs is 3. The minimum absolute atomic E-state index is 0.0529. The van der Waals surface area contributed by atoms with E-state index >= 15 is 0 Å². The van der Waals surface area contributed by atoms with Gasteiger partial charge in [-0.25, -0.2) is 19.2 Å². The number of carboxylic acids is 1. The van der Waals surface area contributed by atoms with Crippen LogP contribution in [0.25, 0.3) is 11.1 Å². The molecule has 0 radical (unpaired) electrons. The molecule has 1 saturated heterocycles. The lowest BCUT2D eigenvalue weighted by Crippen LogP contribution is -2.42. The van der Waals surface area contributed by atoms with Gasteiger partial charge in [-0.2, -0.15) is 0 Å². The zero-order valence-corrected chi connectivity index (χ0v) is 25.0. The Hall–Kier alpha value is -4.81. The van der Waals surface area contributed by atoms with E-state index in [2.05, 4.69) is 16.0 Å². The highest BCUT2D eigenvalue weighted by Crippen LogP contribution is 2.44. The number of carbonyl (C=O) groups excluding carboxylic acids is 4. The van der Waals surface area contributed by atoms with Gasteiger partial charge in [0.1, 0.15) is 24.4 Å². The maximum Gasteiger partial charge on any atom is 0.407 e. The number of nitrogens with one attached hydrogen (secondary N) is 3. The third-order valence-corrected chi connectivity index (χ3v) is 7.16. The molecule has 1 aliphatic heterocycles. The van der Waals surface area contributed by atoms with Gasteiger partial charge in [0.25, 0.3) is 0 Å². The topological polar surface area (TPSA) is 173 Å². The fraction of sp³-hybridized carbons (Fsp3) is 0.452. The van der Waals surface area contributed by atoms with E-state index in [-0.39, 0.29) is 51.5 Å². The van der Waals surface area contributed by atoms with Crippen LogP contribution in [0.4, 0.5) is 14.4 Å². The molecule has 4 N–H and O–H groups in total. The fourth-order valence-electron chi connectivity index (χ4n) is 5.29. The molecule has 1 fully saturated rings. The molecule has 1 aliphatic carbocycles. The molecule has 2 atom stereocenters. The van der Waals surface area contributed by atoms with Gasteiger partial charge in [0.05, 0.1) is 6.54 Å². The van der Waals surface area contributed by atoms with Crippen molar-refractivity contribution in [1.82, 2.24) is 20.9 Å². The highest BCUT2D eigenvalue weighted by molar-refractivity contribution is 5.85. The van der Waals surface area contributed by atoms with Gasteiger partial charge in [-0.1, -0.05) is 48.5 Å². The van der Waals surface area contributed by atoms with Gasteiger partial charge in [-0.15, -0.1) is 0 Å². The average molecular weight is 611 g/mol. The number of ether oxygens (including phenoxy) is 3. The van der Waals surface area contributed by atoms with Crippen LogP contribution < -0.4 is 16.0 Å². The Kier molecular flexibility index (Phi) is 10.3. The molecule has 44 heavy (non-hydrogen) atoms. The van der Waals surface area contributed by atoms with Gasteiger partial charge in [-0.3, -0.25) is 4.79 Å². The van der Waals surface area contributed by atoms with Crippen molar-refractivity contribution >= 4 is 30.2 Å². The first-order chi connectivity index (χ1) is 20.9. The van der Waals surface area contributed by atoms with Crippen molar-refractivity contribution in [2.45, 2.75) is 57.3 Å². The number of aliphatic carboxylic acids is 1. The Labute approximate surface area is 255 Å². The second-order valence-electron chi connectivity index (χ2n) is 11.5. The Balaban J connectivity index is 1.18. The maximum atomic E-state index is 12.9. The summed E-state index contributed by atoms with van der Waals surface area (Å²) in [5.41, 5.74) is 3.72. The summed E-state index contributed by atoms with van der Waals surface area (Å²) in [5.74, 6) is -1.84. The largest absolute Gasteiger partial charge is 0.480 e. The molecule has 0 unspecified atom stereocenters. The molecule has 0 aromatic heterocycles. The van der Waals surface area contributed by atoms with E-state index in [9.17, 15) is 29.1 Å². The molecular weight excluding hydrogens is 572 g/mol. The van der Waals surface area contributed by atoms with Crippen molar-refractivity contribution < 1.29 is 43.3 Å². The molecule has 4 rings (SSSR count). The highest BCUT2D eigenvalue weighted by Gasteiger charge is 2.41. The lowest BCUT2D eigenvalue weighted by molar-refractivity contribution is -0.148. The SMILES string of the molecule is CC(C)(C)OC(=O)NCCNC(=O)O[C@@H]1C[C@@H](C(=O)O)N(C(=O)CCNC(=O)OCC2c3ccccc3-c3ccccc32)C1. The number of carboxylic acid groups (broad SMARTS) is 1. The molecule has 13 nitrogen and oxygen atoms in total. The number of nitrogens with zero attached hydrogens (tertiary/aromatic N) is 1. The third-order valence-electron chi connectivity index (χ3n) is 7.16. The van der Waals surface area contributed by atoms with Crippen LogP contribution in [-0.2, 0) is 23.8 Å². The summed E-state index contributed by atoms with van der Waals surface area (Å²) in [6.07, 6.45) is -3.21. The summed E-state index contributed by atoms with van der Waals surface area (Å²) in [7, 11) is 0. The first kappa shape index (κ1) is 32.1. The molecule has 2 aliphatic rings. The zero-order chi connectivity index (χ0) is 31.9. The van der Waals surface area contributed by atoms with Crippen molar-refractivity contribution in [3.63, 3.8) is 0 Å². The van der Waals surface area contributed by atoms with E-state index in [1.54, 1.807) is 20.8 Å². The lowest BCUT2D eigenvalue weighted by atomic mass is 9.98. The van der Waals surface area contributed by atoms with Crippen LogP contribution in [0.3, 0.4) is 0 Å². The summed E-state index contributed by atoms with van der Waals surface area (Å²) >= 11 is 0. The second-order valence-corrected chi connectivity index (χ2v) is 11.5. The fourth-order valence-corrected chi connectivity index (χ4v) is 5.29. The van der Waals surface area contributed by atoms with Gasteiger partial charge in [0.15, 0.2) is 0 Å². The van der Waals surface area contributed by atoms with E-state index in [1.165, 1.54) is 0 Å². The number of carbonyl (C=O) groups is 5. The van der Waals surface area contributed by atoms with Crippen LogP contribution in [0.2, 0.25) is 0 Å². The lowest BCUT2D eigenvalue weighted by Gasteiger charge is -2.21. The first-order valence-corrected chi connectivity index (χ1v) is 14.5. The zero-order valence-electron chi connectivity index (χ0n) is 25.0. The van der Waals surface area contributed by atoms with Crippen LogP contribution in [0.1, 0.15) is 50.7 Å². The van der Waals surface area contributed by atoms with E-state index in [4.69, 9.17) is 14.2 Å². The minimum atomic E-state index is -1.23. The molecule has 2 aromatic rings. The van der Waals surface area contributed by atoms with Crippen molar-refractivity contribution in [3.05, 3.63) is 59.7 Å². The quantitative estimate of drug-likeness (QED) is 0.233. The first-order valence-electron chi connectivity index (χ1n) is 14.5. The summed E-state index contributed by atoms with van der Waals surface area (Å²) in [6, 6.07) is 14.8. The molecule has 13 heteroatoms. The summed E-state index contributed by atoms with van der Waals surface area (Å²) < 4.78 is 15.9. The standard InChI is InChI=1S/C31H38N4O9/c1-31(2,3)44-30(41)34-15-14-33-29(40)43-19-16-25(27(37)38)35(17-19)26(36)12-13-32-28(39)42-18-24-22-10-6-4-8-20(22)21-9-5-7-11-23(21)24/h4-11,19,24-25H,12-18H2,1-3H3,(H,32,39)(H,33,40)(H,34,41)(H,37,38)/t19-,25+/m1/s1. The molecule has 0 spiro atoms. The number of likely N-dealkylation sites (tertiary alicyclic amines) is 1. The molecule has 236 valence electrons. The van der Waals surface area contributed by atoms with Gasteiger partial charge in [0.2, 0.25) is 5.91 Å². The number of amides is 4. The molecule has 2 aromatic carbocycles.